The summed E-state index contributed by atoms with van der Waals surface area (Å²) >= 11 is 3.19. The summed E-state index contributed by atoms with van der Waals surface area (Å²) in [5.74, 6) is -0.263. The monoisotopic (exact) mass is 203 g/mol. The van der Waals surface area contributed by atoms with E-state index in [0.717, 1.165) is 4.47 Å². The number of hydrogen-bond donors (Lipinski definition) is 1. The molecule has 1 nitrogen and oxygen atoms in total. The summed E-state index contributed by atoms with van der Waals surface area (Å²) in [6.45, 7) is 1.69. The molecule has 0 spiro atoms. The second-order valence-electron chi connectivity index (χ2n) is 2.12. The van der Waals surface area contributed by atoms with Crippen molar-refractivity contribution in [1.29, 1.82) is 0 Å². The van der Waals surface area contributed by atoms with Crippen molar-refractivity contribution in [3.05, 3.63) is 28.0 Å². The third kappa shape index (κ3) is 1.29. The Balaban J connectivity index is 3.28. The van der Waals surface area contributed by atoms with Gasteiger partial charge in [-0.2, -0.15) is 0 Å². The summed E-state index contributed by atoms with van der Waals surface area (Å²) in [4.78, 5) is 0. The molecule has 0 fully saturated rings. The first-order valence-corrected chi connectivity index (χ1v) is 3.61. The summed E-state index contributed by atoms with van der Waals surface area (Å²) in [6.07, 6.45) is 0. The summed E-state index contributed by atoms with van der Waals surface area (Å²) in [5.41, 5.74) is 6.43. The lowest BCUT2D eigenvalue weighted by Crippen LogP contribution is -1.90. The number of anilines is 1. The van der Waals surface area contributed by atoms with Gasteiger partial charge >= 0.3 is 0 Å². The van der Waals surface area contributed by atoms with Crippen molar-refractivity contribution in [2.24, 2.45) is 0 Å². The minimum atomic E-state index is -0.263. The highest BCUT2D eigenvalue weighted by Gasteiger charge is 2.00. The fraction of sp³-hybridized carbons (Fsp3) is 0.143. The highest BCUT2D eigenvalue weighted by Crippen LogP contribution is 2.22. The van der Waals surface area contributed by atoms with E-state index in [1.807, 2.05) is 0 Å². The first-order chi connectivity index (χ1) is 4.61. The maximum atomic E-state index is 12.7. The van der Waals surface area contributed by atoms with Crippen molar-refractivity contribution in [2.45, 2.75) is 6.92 Å². The third-order valence-corrected chi connectivity index (χ3v) is 1.96. The summed E-state index contributed by atoms with van der Waals surface area (Å²) in [7, 11) is 0. The molecule has 1 aromatic rings. The van der Waals surface area contributed by atoms with Crippen LogP contribution in [-0.4, -0.2) is 0 Å². The predicted molar refractivity (Wildman–Crippen MR) is 43.2 cm³/mol. The highest BCUT2D eigenvalue weighted by molar-refractivity contribution is 9.10. The Morgan fingerprint density at radius 1 is 1.50 bits per heavy atom. The van der Waals surface area contributed by atoms with Gasteiger partial charge < -0.3 is 5.73 Å². The molecular formula is C7H7BrFN. The molecule has 0 unspecified atom stereocenters. The molecule has 0 saturated carbocycles. The van der Waals surface area contributed by atoms with Crippen LogP contribution in [0.15, 0.2) is 16.6 Å². The zero-order valence-corrected chi connectivity index (χ0v) is 7.07. The molecule has 0 aromatic heterocycles. The van der Waals surface area contributed by atoms with Gasteiger partial charge in [-0.05, 0) is 40.5 Å². The molecule has 10 heavy (non-hydrogen) atoms. The molecule has 0 bridgehead atoms. The molecule has 0 aliphatic carbocycles. The Bertz CT molecular complexity index is 210. The molecule has 1 aromatic carbocycles. The van der Waals surface area contributed by atoms with Gasteiger partial charge in [0, 0.05) is 10.2 Å². The van der Waals surface area contributed by atoms with E-state index in [2.05, 4.69) is 15.9 Å². The van der Waals surface area contributed by atoms with Crippen molar-refractivity contribution in [1.82, 2.24) is 0 Å². The maximum Gasteiger partial charge on any atom is 0.128 e. The van der Waals surface area contributed by atoms with Crippen molar-refractivity contribution >= 4 is 21.6 Å². The number of hydrogen-bond acceptors (Lipinski definition) is 1. The van der Waals surface area contributed by atoms with Gasteiger partial charge in [0.25, 0.3) is 0 Å². The van der Waals surface area contributed by atoms with Gasteiger partial charge in [-0.3, -0.25) is 0 Å². The summed E-state index contributed by atoms with van der Waals surface area (Å²) < 4.78 is 13.4. The summed E-state index contributed by atoms with van der Waals surface area (Å²) in [6, 6.07) is 2.96. The van der Waals surface area contributed by atoms with Crippen LogP contribution in [0.25, 0.3) is 0 Å². The molecule has 0 atom stereocenters. The van der Waals surface area contributed by atoms with E-state index in [0.29, 0.717) is 11.3 Å². The SMILES string of the molecule is Cc1cc(Br)c(N)cc1F. The molecule has 0 aliphatic rings. The predicted octanol–water partition coefficient (Wildman–Crippen LogP) is 2.48. The molecule has 54 valence electrons. The fourth-order valence-corrected chi connectivity index (χ4v) is 1.12. The lowest BCUT2D eigenvalue weighted by atomic mass is 10.2. The van der Waals surface area contributed by atoms with Crippen LogP contribution < -0.4 is 5.73 Å². The standard InChI is InChI=1S/C7H7BrFN/c1-4-2-5(8)7(10)3-6(4)9/h2-3H,10H2,1H3. The number of nitrogens with two attached hydrogens (primary N) is 1. The van der Waals surface area contributed by atoms with Gasteiger partial charge in [0.05, 0.1) is 0 Å². The van der Waals surface area contributed by atoms with Crippen LogP contribution in [0.3, 0.4) is 0 Å². The van der Waals surface area contributed by atoms with Gasteiger partial charge in [-0.25, -0.2) is 4.39 Å². The minimum Gasteiger partial charge on any atom is -0.398 e. The van der Waals surface area contributed by atoms with Crippen LogP contribution in [0.5, 0.6) is 0 Å². The molecule has 0 amide bonds. The summed E-state index contributed by atoms with van der Waals surface area (Å²) in [5, 5.41) is 0. The Labute approximate surface area is 67.2 Å². The smallest absolute Gasteiger partial charge is 0.128 e. The Morgan fingerprint density at radius 2 is 2.10 bits per heavy atom. The average molecular weight is 204 g/mol. The van der Waals surface area contributed by atoms with Gasteiger partial charge in [0.2, 0.25) is 0 Å². The molecule has 0 aliphatic heterocycles. The van der Waals surface area contributed by atoms with E-state index < -0.39 is 0 Å². The lowest BCUT2D eigenvalue weighted by Gasteiger charge is -1.99. The second kappa shape index (κ2) is 2.58. The van der Waals surface area contributed by atoms with Crippen LogP contribution in [-0.2, 0) is 0 Å². The van der Waals surface area contributed by atoms with E-state index >= 15 is 0 Å². The van der Waals surface area contributed by atoms with Crippen LogP contribution in [0.1, 0.15) is 5.56 Å². The third-order valence-electron chi connectivity index (χ3n) is 1.28. The van der Waals surface area contributed by atoms with E-state index in [-0.39, 0.29) is 5.82 Å². The lowest BCUT2D eigenvalue weighted by molar-refractivity contribution is 0.619. The Hall–Kier alpha value is -0.570. The topological polar surface area (TPSA) is 26.0 Å². The molecule has 0 heterocycles. The number of benzene rings is 1. The number of aryl methyl sites for hydroxylation is 1. The molecule has 3 heteroatoms. The normalized spacial score (nSPS) is 9.90. The first-order valence-electron chi connectivity index (χ1n) is 2.82. The highest BCUT2D eigenvalue weighted by atomic mass is 79.9. The van der Waals surface area contributed by atoms with Gasteiger partial charge in [-0.1, -0.05) is 0 Å². The quantitative estimate of drug-likeness (QED) is 0.645. The maximum absolute atomic E-state index is 12.7. The fourth-order valence-electron chi connectivity index (χ4n) is 0.662. The zero-order chi connectivity index (χ0) is 7.72. The average Bonchev–Trinajstić information content (AvgIpc) is 1.84. The van der Waals surface area contributed by atoms with Gasteiger partial charge in [0.1, 0.15) is 5.82 Å². The van der Waals surface area contributed by atoms with Crippen LogP contribution >= 0.6 is 15.9 Å². The van der Waals surface area contributed by atoms with Crippen molar-refractivity contribution in [3.63, 3.8) is 0 Å². The minimum absolute atomic E-state index is 0.263. The van der Waals surface area contributed by atoms with Gasteiger partial charge in [0.15, 0.2) is 0 Å². The van der Waals surface area contributed by atoms with E-state index in [1.54, 1.807) is 13.0 Å². The first kappa shape index (κ1) is 7.54. The van der Waals surface area contributed by atoms with Crippen LogP contribution in [0.2, 0.25) is 0 Å². The van der Waals surface area contributed by atoms with E-state index in [9.17, 15) is 4.39 Å². The molecule has 0 radical (unpaired) electrons. The number of nitrogen functional groups attached to an aromatic ring is 1. The van der Waals surface area contributed by atoms with E-state index in [4.69, 9.17) is 5.73 Å². The Morgan fingerprint density at radius 3 is 2.60 bits per heavy atom. The van der Waals surface area contributed by atoms with Crippen molar-refractivity contribution in [3.8, 4) is 0 Å². The molecular weight excluding hydrogens is 197 g/mol. The molecule has 1 rings (SSSR count). The number of rotatable bonds is 0. The van der Waals surface area contributed by atoms with E-state index in [1.165, 1.54) is 6.07 Å². The largest absolute Gasteiger partial charge is 0.398 e. The molecule has 0 saturated heterocycles. The second-order valence-corrected chi connectivity index (χ2v) is 2.98. The zero-order valence-electron chi connectivity index (χ0n) is 5.49. The van der Waals surface area contributed by atoms with Crippen LogP contribution in [0.4, 0.5) is 10.1 Å². The van der Waals surface area contributed by atoms with Crippen molar-refractivity contribution in [2.75, 3.05) is 5.73 Å². The Kier molecular flexibility index (Phi) is 1.94. The van der Waals surface area contributed by atoms with Crippen LogP contribution in [0, 0.1) is 12.7 Å². The number of halogens is 2. The molecule has 2 N–H and O–H groups in total. The van der Waals surface area contributed by atoms with Crippen molar-refractivity contribution < 1.29 is 4.39 Å². The van der Waals surface area contributed by atoms with Gasteiger partial charge in [-0.15, -0.1) is 0 Å².